The Bertz CT molecular complexity index is 986. The van der Waals surface area contributed by atoms with E-state index >= 15 is 0 Å². The van der Waals surface area contributed by atoms with Crippen LogP contribution in [-0.2, 0) is 19.5 Å². The number of furan rings is 1. The van der Waals surface area contributed by atoms with Crippen molar-refractivity contribution in [2.45, 2.75) is 19.5 Å². The molecule has 1 aliphatic rings. The Balaban J connectivity index is 1.32. The molecule has 0 saturated heterocycles. The molecule has 0 radical (unpaired) electrons. The van der Waals surface area contributed by atoms with Crippen molar-refractivity contribution in [3.8, 4) is 11.1 Å². The second kappa shape index (κ2) is 5.86. The molecule has 25 heavy (non-hydrogen) atoms. The number of nitrogens with zero attached hydrogens (tertiary/aromatic N) is 4. The van der Waals surface area contributed by atoms with Crippen molar-refractivity contribution in [2.24, 2.45) is 0 Å². The maximum absolute atomic E-state index is 5.25. The molecule has 1 aliphatic heterocycles. The van der Waals surface area contributed by atoms with Gasteiger partial charge in [-0.1, -0.05) is 6.07 Å². The van der Waals surface area contributed by atoms with Gasteiger partial charge in [-0.25, -0.2) is 4.98 Å². The van der Waals surface area contributed by atoms with Gasteiger partial charge in [-0.3, -0.25) is 9.88 Å². The van der Waals surface area contributed by atoms with E-state index in [-0.39, 0.29) is 0 Å². The Kier molecular flexibility index (Phi) is 3.38. The number of hydrogen-bond acceptors (Lipinski definition) is 4. The van der Waals surface area contributed by atoms with Gasteiger partial charge in [-0.2, -0.15) is 0 Å². The van der Waals surface area contributed by atoms with Crippen LogP contribution >= 0.6 is 0 Å². The van der Waals surface area contributed by atoms with Crippen LogP contribution < -0.4 is 0 Å². The van der Waals surface area contributed by atoms with Crippen LogP contribution in [0.5, 0.6) is 0 Å². The Labute approximate surface area is 145 Å². The number of fused-ring (bicyclic) bond motifs is 2. The van der Waals surface area contributed by atoms with Gasteiger partial charge in [0.05, 0.1) is 23.9 Å². The fraction of sp³-hybridized carbons (Fsp3) is 0.200. The molecule has 5 heterocycles. The van der Waals surface area contributed by atoms with Crippen LogP contribution in [-0.4, -0.2) is 25.8 Å². The molecule has 0 bridgehead atoms. The summed E-state index contributed by atoms with van der Waals surface area (Å²) in [6, 6.07) is 10.2. The van der Waals surface area contributed by atoms with E-state index in [0.717, 1.165) is 43.0 Å². The lowest BCUT2D eigenvalue weighted by Gasteiger charge is -2.13. The number of pyridine rings is 2. The second-order valence-corrected chi connectivity index (χ2v) is 6.45. The molecule has 4 aromatic heterocycles. The summed E-state index contributed by atoms with van der Waals surface area (Å²) in [5.41, 5.74) is 6.98. The monoisotopic (exact) mass is 330 g/mol. The molecule has 0 fully saturated rings. The first-order valence-electron chi connectivity index (χ1n) is 8.51. The van der Waals surface area contributed by atoms with Crippen LogP contribution in [0.25, 0.3) is 16.8 Å². The van der Waals surface area contributed by atoms with Gasteiger partial charge in [0.2, 0.25) is 0 Å². The molecule has 5 nitrogen and oxygen atoms in total. The van der Waals surface area contributed by atoms with Crippen molar-refractivity contribution in [3.63, 3.8) is 0 Å². The molecule has 0 aliphatic carbocycles. The summed E-state index contributed by atoms with van der Waals surface area (Å²) in [4.78, 5) is 11.7. The fourth-order valence-electron chi connectivity index (χ4n) is 3.57. The first kappa shape index (κ1) is 14.4. The van der Waals surface area contributed by atoms with Gasteiger partial charge in [-0.05, 0) is 35.4 Å². The third-order valence-corrected chi connectivity index (χ3v) is 4.83. The summed E-state index contributed by atoms with van der Waals surface area (Å²) in [5.74, 6) is 0. The Morgan fingerprint density at radius 1 is 1.12 bits per heavy atom. The second-order valence-electron chi connectivity index (χ2n) is 6.45. The highest BCUT2D eigenvalue weighted by Gasteiger charge is 2.23. The molecule has 5 rings (SSSR count). The van der Waals surface area contributed by atoms with E-state index in [1.165, 1.54) is 16.8 Å². The molecule has 0 saturated carbocycles. The van der Waals surface area contributed by atoms with Crippen LogP contribution in [0.2, 0.25) is 0 Å². The van der Waals surface area contributed by atoms with Crippen molar-refractivity contribution >= 4 is 5.65 Å². The van der Waals surface area contributed by atoms with Gasteiger partial charge < -0.3 is 8.82 Å². The predicted molar refractivity (Wildman–Crippen MR) is 94.9 cm³/mol. The summed E-state index contributed by atoms with van der Waals surface area (Å²) < 4.78 is 7.32. The van der Waals surface area contributed by atoms with Crippen LogP contribution in [0.15, 0.2) is 65.9 Å². The summed E-state index contributed by atoms with van der Waals surface area (Å²) >= 11 is 0. The summed E-state index contributed by atoms with van der Waals surface area (Å²) in [7, 11) is 0. The van der Waals surface area contributed by atoms with E-state index in [1.54, 1.807) is 12.5 Å². The molecule has 0 amide bonds. The quantitative estimate of drug-likeness (QED) is 0.574. The lowest BCUT2D eigenvalue weighted by atomic mass is 10.0. The minimum absolute atomic E-state index is 0.897. The largest absolute Gasteiger partial charge is 0.472 e. The molecular weight excluding hydrogens is 312 g/mol. The fourth-order valence-corrected chi connectivity index (χ4v) is 3.57. The van der Waals surface area contributed by atoms with Gasteiger partial charge in [0.15, 0.2) is 0 Å². The molecule has 124 valence electrons. The van der Waals surface area contributed by atoms with Gasteiger partial charge >= 0.3 is 0 Å². The van der Waals surface area contributed by atoms with Gasteiger partial charge in [0, 0.05) is 50.2 Å². The third-order valence-electron chi connectivity index (χ3n) is 4.83. The van der Waals surface area contributed by atoms with Gasteiger partial charge in [-0.15, -0.1) is 0 Å². The van der Waals surface area contributed by atoms with Crippen LogP contribution in [0, 0.1) is 0 Å². The first-order chi connectivity index (χ1) is 12.4. The van der Waals surface area contributed by atoms with Gasteiger partial charge in [0.1, 0.15) is 5.65 Å². The maximum Gasteiger partial charge on any atom is 0.136 e. The summed E-state index contributed by atoms with van der Waals surface area (Å²) in [5, 5.41) is 0. The molecular formula is C20H18N4O. The number of imidazole rings is 1. The molecule has 0 atom stereocenters. The number of rotatable bonds is 4. The minimum Gasteiger partial charge on any atom is -0.472 e. The zero-order valence-electron chi connectivity index (χ0n) is 13.8. The maximum atomic E-state index is 5.25. The average Bonchev–Trinajstić information content (AvgIpc) is 3.37. The predicted octanol–water partition coefficient (Wildman–Crippen LogP) is 3.55. The normalized spacial score (nSPS) is 14.2. The zero-order valence-corrected chi connectivity index (χ0v) is 13.8. The third kappa shape index (κ3) is 2.62. The van der Waals surface area contributed by atoms with Crippen molar-refractivity contribution in [1.82, 2.24) is 19.3 Å². The Hall–Kier alpha value is -2.92. The minimum atomic E-state index is 0.897. The van der Waals surface area contributed by atoms with Crippen molar-refractivity contribution in [3.05, 3.63) is 78.4 Å². The van der Waals surface area contributed by atoms with Crippen molar-refractivity contribution in [1.29, 1.82) is 0 Å². The highest BCUT2D eigenvalue weighted by Crippen LogP contribution is 2.31. The van der Waals surface area contributed by atoms with Crippen LogP contribution in [0.3, 0.4) is 0 Å². The van der Waals surface area contributed by atoms with E-state index in [1.807, 2.05) is 36.7 Å². The lowest BCUT2D eigenvalue weighted by Crippen LogP contribution is -2.19. The molecule has 0 unspecified atom stereocenters. The van der Waals surface area contributed by atoms with Crippen molar-refractivity contribution in [2.75, 3.05) is 6.54 Å². The van der Waals surface area contributed by atoms with E-state index in [0.29, 0.717) is 0 Å². The Morgan fingerprint density at radius 2 is 2.12 bits per heavy atom. The number of aromatic nitrogens is 3. The smallest absolute Gasteiger partial charge is 0.136 e. The van der Waals surface area contributed by atoms with E-state index in [2.05, 4.69) is 31.5 Å². The zero-order chi connectivity index (χ0) is 16.6. The highest BCUT2D eigenvalue weighted by atomic mass is 16.3. The summed E-state index contributed by atoms with van der Waals surface area (Å²) in [6.07, 6.45) is 10.5. The van der Waals surface area contributed by atoms with E-state index in [4.69, 9.17) is 4.42 Å². The Morgan fingerprint density at radius 3 is 3.00 bits per heavy atom. The van der Waals surface area contributed by atoms with Crippen LogP contribution in [0.4, 0.5) is 0 Å². The standard InChI is InChI=1S/C20H18N4O/c1-2-8-24-11-16(22-20(24)3-1)5-9-23-12-18-17(15-6-10-25-14-15)4-7-21-19(18)13-23/h1-4,6-8,10-11,14H,5,9,12-13H2. The molecule has 0 spiro atoms. The molecule has 4 aromatic rings. The molecule has 0 N–H and O–H groups in total. The van der Waals surface area contributed by atoms with Crippen LogP contribution in [0.1, 0.15) is 17.0 Å². The summed E-state index contributed by atoms with van der Waals surface area (Å²) in [6.45, 7) is 2.80. The molecule has 0 aromatic carbocycles. The topological polar surface area (TPSA) is 46.6 Å². The average molecular weight is 330 g/mol. The van der Waals surface area contributed by atoms with E-state index in [9.17, 15) is 0 Å². The van der Waals surface area contributed by atoms with Crippen molar-refractivity contribution < 1.29 is 4.42 Å². The first-order valence-corrected chi connectivity index (χ1v) is 8.51. The number of hydrogen-bond donors (Lipinski definition) is 0. The highest BCUT2D eigenvalue weighted by molar-refractivity contribution is 5.67. The van der Waals surface area contributed by atoms with Gasteiger partial charge in [0.25, 0.3) is 0 Å². The molecule has 5 heteroatoms. The lowest BCUT2D eigenvalue weighted by molar-refractivity contribution is 0.286. The SMILES string of the molecule is c1ccn2cc(CCN3Cc4nccc(-c5ccoc5)c4C3)nc2c1. The van der Waals surface area contributed by atoms with E-state index < -0.39 is 0 Å².